The van der Waals surface area contributed by atoms with Crippen LogP contribution in [-0.2, 0) is 15.9 Å². The lowest BCUT2D eigenvalue weighted by Gasteiger charge is -2.05. The molecule has 0 aliphatic heterocycles. The quantitative estimate of drug-likeness (QED) is 0.651. The Kier molecular flexibility index (Phi) is 6.76. The zero-order chi connectivity index (χ0) is 12.5. The van der Waals surface area contributed by atoms with Gasteiger partial charge in [-0.25, -0.2) is 0 Å². The number of rotatable bonds is 9. The lowest BCUT2D eigenvalue weighted by atomic mass is 10.3. The fraction of sp³-hybridized carbons (Fsp3) is 0.818. The van der Waals surface area contributed by atoms with Gasteiger partial charge in [0.05, 0.1) is 25.9 Å². The van der Waals surface area contributed by atoms with E-state index in [1.54, 1.807) is 7.11 Å². The Labute approximate surface area is 102 Å². The van der Waals surface area contributed by atoms with E-state index in [1.165, 1.54) is 0 Å². The summed E-state index contributed by atoms with van der Waals surface area (Å²) in [6, 6.07) is 0.0932. The Morgan fingerprint density at radius 3 is 2.88 bits per heavy atom. The van der Waals surface area contributed by atoms with E-state index in [9.17, 15) is 0 Å². The molecule has 0 fully saturated rings. The number of aromatic nitrogens is 2. The summed E-state index contributed by atoms with van der Waals surface area (Å²) in [7, 11) is 1.65. The second-order valence-corrected chi connectivity index (χ2v) is 3.68. The smallest absolute Gasteiger partial charge is 0.243 e. The largest absolute Gasteiger partial charge is 0.382 e. The molecule has 6 heteroatoms. The number of nitrogens with one attached hydrogen (secondary N) is 1. The number of hydrogen-bond donors (Lipinski definition) is 1. The molecule has 1 atom stereocenters. The van der Waals surface area contributed by atoms with Crippen LogP contribution in [0.5, 0.6) is 0 Å². The van der Waals surface area contributed by atoms with Gasteiger partial charge in [0, 0.05) is 13.5 Å². The molecule has 0 radical (unpaired) electrons. The molecule has 0 bridgehead atoms. The van der Waals surface area contributed by atoms with E-state index in [2.05, 4.69) is 15.5 Å². The van der Waals surface area contributed by atoms with Crippen molar-refractivity contribution in [2.45, 2.75) is 26.3 Å². The van der Waals surface area contributed by atoms with Gasteiger partial charge in [0.1, 0.15) is 0 Å². The standard InChI is InChI=1S/C11H21N3O3/c1-4-12-9(2)11-13-10(14-17-11)5-6-16-8-7-15-3/h9,12H,4-8H2,1-3H3. The average Bonchev–Trinajstić information content (AvgIpc) is 2.78. The van der Waals surface area contributed by atoms with E-state index in [1.807, 2.05) is 13.8 Å². The van der Waals surface area contributed by atoms with Gasteiger partial charge < -0.3 is 19.3 Å². The normalized spacial score (nSPS) is 12.9. The van der Waals surface area contributed by atoms with Gasteiger partial charge >= 0.3 is 0 Å². The van der Waals surface area contributed by atoms with Crippen molar-refractivity contribution in [3.8, 4) is 0 Å². The van der Waals surface area contributed by atoms with E-state index >= 15 is 0 Å². The van der Waals surface area contributed by atoms with Crippen molar-refractivity contribution >= 4 is 0 Å². The summed E-state index contributed by atoms with van der Waals surface area (Å²) in [6.45, 7) is 6.69. The molecule has 0 aliphatic carbocycles. The lowest BCUT2D eigenvalue weighted by molar-refractivity contribution is 0.0714. The van der Waals surface area contributed by atoms with Crippen LogP contribution in [0.25, 0.3) is 0 Å². The Balaban J connectivity index is 2.25. The van der Waals surface area contributed by atoms with Crippen molar-refractivity contribution in [2.75, 3.05) is 33.5 Å². The van der Waals surface area contributed by atoms with E-state index in [0.29, 0.717) is 38.0 Å². The molecule has 0 aliphatic rings. The van der Waals surface area contributed by atoms with Crippen molar-refractivity contribution in [1.82, 2.24) is 15.5 Å². The fourth-order valence-corrected chi connectivity index (χ4v) is 1.35. The summed E-state index contributed by atoms with van der Waals surface area (Å²) in [4.78, 5) is 4.30. The van der Waals surface area contributed by atoms with Crippen LogP contribution >= 0.6 is 0 Å². The van der Waals surface area contributed by atoms with E-state index in [0.717, 1.165) is 6.54 Å². The Hall–Kier alpha value is -0.980. The molecule has 17 heavy (non-hydrogen) atoms. The molecule has 1 aromatic rings. The maximum atomic E-state index is 5.33. The third-order valence-corrected chi connectivity index (χ3v) is 2.27. The van der Waals surface area contributed by atoms with Gasteiger partial charge in [-0.3, -0.25) is 0 Å². The van der Waals surface area contributed by atoms with Crippen molar-refractivity contribution < 1.29 is 14.0 Å². The summed E-state index contributed by atoms with van der Waals surface area (Å²) in [6.07, 6.45) is 0.659. The first-order valence-electron chi connectivity index (χ1n) is 5.90. The minimum Gasteiger partial charge on any atom is -0.382 e. The van der Waals surface area contributed by atoms with Crippen LogP contribution in [0.2, 0.25) is 0 Å². The minimum absolute atomic E-state index is 0.0932. The van der Waals surface area contributed by atoms with Crippen molar-refractivity contribution in [1.29, 1.82) is 0 Å². The van der Waals surface area contributed by atoms with Crippen LogP contribution in [0, 0.1) is 0 Å². The summed E-state index contributed by atoms with van der Waals surface area (Å²) in [5, 5.41) is 7.12. The molecule has 1 unspecified atom stereocenters. The first-order valence-corrected chi connectivity index (χ1v) is 5.90. The van der Waals surface area contributed by atoms with Gasteiger partial charge in [-0.05, 0) is 13.5 Å². The summed E-state index contributed by atoms with van der Waals surface area (Å²) in [5.74, 6) is 1.31. The summed E-state index contributed by atoms with van der Waals surface area (Å²) in [5.41, 5.74) is 0. The Morgan fingerprint density at radius 1 is 1.35 bits per heavy atom. The molecule has 98 valence electrons. The van der Waals surface area contributed by atoms with Crippen LogP contribution in [0.3, 0.4) is 0 Å². The highest BCUT2D eigenvalue weighted by Gasteiger charge is 2.12. The molecule has 1 heterocycles. The second-order valence-electron chi connectivity index (χ2n) is 3.68. The highest BCUT2D eigenvalue weighted by molar-refractivity contribution is 4.91. The maximum Gasteiger partial charge on any atom is 0.243 e. The van der Waals surface area contributed by atoms with Crippen molar-refractivity contribution in [3.05, 3.63) is 11.7 Å². The SMILES string of the molecule is CCNC(C)c1nc(CCOCCOC)no1. The molecule has 1 rings (SSSR count). The topological polar surface area (TPSA) is 69.4 Å². The van der Waals surface area contributed by atoms with Crippen LogP contribution in [0.1, 0.15) is 31.6 Å². The first-order chi connectivity index (χ1) is 8.27. The Bertz CT molecular complexity index is 304. The molecule has 1 aromatic heterocycles. The van der Waals surface area contributed by atoms with Gasteiger partial charge in [0.25, 0.3) is 0 Å². The monoisotopic (exact) mass is 243 g/mol. The highest BCUT2D eigenvalue weighted by atomic mass is 16.5. The molecule has 0 aromatic carbocycles. The lowest BCUT2D eigenvalue weighted by Crippen LogP contribution is -2.18. The minimum atomic E-state index is 0.0932. The van der Waals surface area contributed by atoms with E-state index < -0.39 is 0 Å². The van der Waals surface area contributed by atoms with Gasteiger partial charge in [0.2, 0.25) is 5.89 Å². The Morgan fingerprint density at radius 2 is 2.18 bits per heavy atom. The van der Waals surface area contributed by atoms with Crippen LogP contribution in [-0.4, -0.2) is 43.6 Å². The van der Waals surface area contributed by atoms with Crippen molar-refractivity contribution in [3.63, 3.8) is 0 Å². The molecule has 0 saturated carbocycles. The molecular weight excluding hydrogens is 222 g/mol. The van der Waals surface area contributed by atoms with Crippen molar-refractivity contribution in [2.24, 2.45) is 0 Å². The summed E-state index contributed by atoms with van der Waals surface area (Å²) < 4.78 is 15.4. The molecule has 0 saturated heterocycles. The second kappa shape index (κ2) is 8.16. The predicted molar refractivity (Wildman–Crippen MR) is 62.8 cm³/mol. The fourth-order valence-electron chi connectivity index (χ4n) is 1.35. The number of nitrogens with zero attached hydrogens (tertiary/aromatic N) is 2. The van der Waals surface area contributed by atoms with Gasteiger partial charge in [-0.2, -0.15) is 4.98 Å². The number of methoxy groups -OCH3 is 1. The predicted octanol–water partition coefficient (Wildman–Crippen LogP) is 0.946. The van der Waals surface area contributed by atoms with Gasteiger partial charge in [0.15, 0.2) is 5.82 Å². The van der Waals surface area contributed by atoms with Gasteiger partial charge in [-0.1, -0.05) is 12.1 Å². The average molecular weight is 243 g/mol. The van der Waals surface area contributed by atoms with E-state index in [-0.39, 0.29) is 6.04 Å². The van der Waals surface area contributed by atoms with E-state index in [4.69, 9.17) is 14.0 Å². The number of ether oxygens (including phenoxy) is 2. The molecular formula is C11H21N3O3. The third-order valence-electron chi connectivity index (χ3n) is 2.27. The zero-order valence-corrected chi connectivity index (χ0v) is 10.7. The summed E-state index contributed by atoms with van der Waals surface area (Å²) >= 11 is 0. The van der Waals surface area contributed by atoms with Crippen LogP contribution in [0.4, 0.5) is 0 Å². The highest BCUT2D eigenvalue weighted by Crippen LogP contribution is 2.09. The maximum absolute atomic E-state index is 5.33. The number of hydrogen-bond acceptors (Lipinski definition) is 6. The molecule has 0 amide bonds. The third kappa shape index (κ3) is 5.25. The van der Waals surface area contributed by atoms with Crippen LogP contribution in [0.15, 0.2) is 4.52 Å². The molecule has 6 nitrogen and oxygen atoms in total. The molecule has 1 N–H and O–H groups in total. The zero-order valence-electron chi connectivity index (χ0n) is 10.7. The van der Waals surface area contributed by atoms with Crippen LogP contribution < -0.4 is 5.32 Å². The van der Waals surface area contributed by atoms with Gasteiger partial charge in [-0.15, -0.1) is 0 Å². The molecule has 0 spiro atoms. The first kappa shape index (κ1) is 14.1.